The molecule has 0 unspecified atom stereocenters. The van der Waals surface area contributed by atoms with Crippen LogP contribution in [0, 0.1) is 0 Å². The van der Waals surface area contributed by atoms with E-state index in [9.17, 15) is 13.2 Å². The summed E-state index contributed by atoms with van der Waals surface area (Å²) in [5.41, 5.74) is 5.46. The maximum atomic E-state index is 13.4. The fourth-order valence-corrected chi connectivity index (χ4v) is 5.54. The highest BCUT2D eigenvalue weighted by Gasteiger charge is 2.25. The first-order valence-electron chi connectivity index (χ1n) is 11.9. The van der Waals surface area contributed by atoms with Gasteiger partial charge in [0.2, 0.25) is 10.0 Å². The van der Waals surface area contributed by atoms with Gasteiger partial charge in [-0.2, -0.15) is 0 Å². The number of aryl methyl sites for hydroxylation is 2. The Morgan fingerprint density at radius 2 is 1.62 bits per heavy atom. The molecule has 0 aliphatic heterocycles. The number of carbonyl (C=O) groups is 1. The van der Waals surface area contributed by atoms with E-state index in [2.05, 4.69) is 30.4 Å². The third-order valence-corrected chi connectivity index (χ3v) is 7.60. The lowest BCUT2D eigenvalue weighted by atomic mass is 9.88. The van der Waals surface area contributed by atoms with Gasteiger partial charge in [-0.15, -0.1) is 0 Å². The minimum atomic E-state index is -3.62. The lowest BCUT2D eigenvalue weighted by Gasteiger charge is -2.26. The molecule has 5 nitrogen and oxygen atoms in total. The SMILES string of the molecule is CC[C@H](NC(=O)c1ccccc1N(Cc1ccccc1)S(C)(=O)=O)c1ccc2c(c1)CCCC2. The van der Waals surface area contributed by atoms with E-state index in [1.807, 2.05) is 30.3 Å². The van der Waals surface area contributed by atoms with Crippen LogP contribution in [0.25, 0.3) is 0 Å². The summed E-state index contributed by atoms with van der Waals surface area (Å²) in [5.74, 6) is -0.276. The first kappa shape index (κ1) is 24.0. The van der Waals surface area contributed by atoms with Gasteiger partial charge < -0.3 is 5.32 Å². The van der Waals surface area contributed by atoms with Crippen LogP contribution in [0.1, 0.15) is 64.8 Å². The number of para-hydroxylation sites is 1. The van der Waals surface area contributed by atoms with E-state index >= 15 is 0 Å². The number of hydrogen-bond donors (Lipinski definition) is 1. The van der Waals surface area contributed by atoms with Crippen molar-refractivity contribution in [2.75, 3.05) is 10.6 Å². The van der Waals surface area contributed by atoms with E-state index in [0.29, 0.717) is 11.3 Å². The summed E-state index contributed by atoms with van der Waals surface area (Å²) >= 11 is 0. The van der Waals surface area contributed by atoms with E-state index in [4.69, 9.17) is 0 Å². The zero-order chi connectivity index (χ0) is 24.1. The number of sulfonamides is 1. The fraction of sp³-hybridized carbons (Fsp3) is 0.321. The maximum absolute atomic E-state index is 13.4. The molecule has 0 bridgehead atoms. The first-order chi connectivity index (χ1) is 16.4. The van der Waals surface area contributed by atoms with Crippen molar-refractivity contribution in [2.45, 2.75) is 51.6 Å². The van der Waals surface area contributed by atoms with Crippen LogP contribution < -0.4 is 9.62 Å². The van der Waals surface area contributed by atoms with E-state index in [-0.39, 0.29) is 18.5 Å². The summed E-state index contributed by atoms with van der Waals surface area (Å²) in [5, 5.41) is 3.16. The fourth-order valence-electron chi connectivity index (χ4n) is 4.64. The van der Waals surface area contributed by atoms with Crippen molar-refractivity contribution in [2.24, 2.45) is 0 Å². The second-order valence-electron chi connectivity index (χ2n) is 8.94. The lowest BCUT2D eigenvalue weighted by Crippen LogP contribution is -2.34. The molecule has 1 aliphatic carbocycles. The molecule has 4 rings (SSSR count). The number of rotatable bonds is 8. The Bertz CT molecular complexity index is 1260. The summed E-state index contributed by atoms with van der Waals surface area (Å²) in [6.45, 7) is 2.21. The molecule has 0 fully saturated rings. The molecular weight excluding hydrogens is 444 g/mol. The molecule has 1 N–H and O–H groups in total. The predicted octanol–water partition coefficient (Wildman–Crippen LogP) is 5.41. The molecule has 0 spiro atoms. The Balaban J connectivity index is 1.62. The van der Waals surface area contributed by atoms with E-state index in [0.717, 1.165) is 30.4 Å². The molecule has 3 aromatic carbocycles. The average molecular weight is 477 g/mol. The molecule has 1 aliphatic rings. The van der Waals surface area contributed by atoms with Crippen LogP contribution >= 0.6 is 0 Å². The summed E-state index contributed by atoms with van der Waals surface area (Å²) in [7, 11) is -3.62. The van der Waals surface area contributed by atoms with Crippen LogP contribution in [0.4, 0.5) is 5.69 Å². The van der Waals surface area contributed by atoms with Crippen molar-refractivity contribution in [1.82, 2.24) is 5.32 Å². The molecule has 0 radical (unpaired) electrons. The predicted molar refractivity (Wildman–Crippen MR) is 137 cm³/mol. The smallest absolute Gasteiger partial charge is 0.253 e. The number of amides is 1. The van der Waals surface area contributed by atoms with Crippen LogP contribution in [0.2, 0.25) is 0 Å². The molecule has 0 saturated heterocycles. The van der Waals surface area contributed by atoms with Gasteiger partial charge in [-0.25, -0.2) is 8.42 Å². The van der Waals surface area contributed by atoms with Crippen molar-refractivity contribution >= 4 is 21.6 Å². The number of anilines is 1. The van der Waals surface area contributed by atoms with Crippen LogP contribution in [0.3, 0.4) is 0 Å². The van der Waals surface area contributed by atoms with Crippen molar-refractivity contribution < 1.29 is 13.2 Å². The highest BCUT2D eigenvalue weighted by atomic mass is 32.2. The monoisotopic (exact) mass is 476 g/mol. The topological polar surface area (TPSA) is 66.5 Å². The highest BCUT2D eigenvalue weighted by molar-refractivity contribution is 7.92. The first-order valence-corrected chi connectivity index (χ1v) is 13.7. The normalized spacial score (nSPS) is 14.2. The zero-order valence-corrected chi connectivity index (χ0v) is 20.6. The Hall–Kier alpha value is -3.12. The number of carbonyl (C=O) groups excluding carboxylic acids is 1. The number of fused-ring (bicyclic) bond motifs is 1. The van der Waals surface area contributed by atoms with Crippen molar-refractivity contribution in [3.63, 3.8) is 0 Å². The third kappa shape index (κ3) is 5.50. The highest BCUT2D eigenvalue weighted by Crippen LogP contribution is 2.28. The Morgan fingerprint density at radius 1 is 0.941 bits per heavy atom. The second-order valence-corrected chi connectivity index (χ2v) is 10.8. The van der Waals surface area contributed by atoms with E-state index < -0.39 is 10.0 Å². The molecular formula is C28H32N2O3S. The van der Waals surface area contributed by atoms with Gasteiger partial charge in [0.25, 0.3) is 5.91 Å². The molecule has 3 aromatic rings. The Labute approximate surface area is 202 Å². The van der Waals surface area contributed by atoms with Crippen molar-refractivity contribution in [3.8, 4) is 0 Å². The van der Waals surface area contributed by atoms with Gasteiger partial charge in [0.05, 0.1) is 30.1 Å². The van der Waals surface area contributed by atoms with Crippen molar-refractivity contribution in [3.05, 3.63) is 101 Å². The lowest BCUT2D eigenvalue weighted by molar-refractivity contribution is 0.0936. The summed E-state index contributed by atoms with van der Waals surface area (Å²) in [6.07, 6.45) is 6.56. The molecule has 178 valence electrons. The van der Waals surface area contributed by atoms with Crippen LogP contribution in [0.15, 0.2) is 72.8 Å². The number of benzene rings is 3. The minimum absolute atomic E-state index is 0.145. The van der Waals surface area contributed by atoms with Gasteiger partial charge in [-0.05, 0) is 66.5 Å². The third-order valence-electron chi connectivity index (χ3n) is 6.48. The zero-order valence-electron chi connectivity index (χ0n) is 19.8. The number of nitrogens with zero attached hydrogens (tertiary/aromatic N) is 1. The van der Waals surface area contributed by atoms with Crippen LogP contribution in [-0.2, 0) is 29.4 Å². The summed E-state index contributed by atoms with van der Waals surface area (Å²) < 4.78 is 26.8. The van der Waals surface area contributed by atoms with Crippen LogP contribution in [-0.4, -0.2) is 20.6 Å². The number of nitrogens with one attached hydrogen (secondary N) is 1. The molecule has 0 saturated carbocycles. The maximum Gasteiger partial charge on any atom is 0.253 e. The van der Waals surface area contributed by atoms with Gasteiger partial charge in [-0.1, -0.05) is 67.6 Å². The van der Waals surface area contributed by atoms with E-state index in [1.54, 1.807) is 24.3 Å². The number of hydrogen-bond acceptors (Lipinski definition) is 3. The Kier molecular flexibility index (Phi) is 7.37. The second kappa shape index (κ2) is 10.4. The minimum Gasteiger partial charge on any atom is -0.345 e. The Morgan fingerprint density at radius 3 is 2.32 bits per heavy atom. The van der Waals surface area contributed by atoms with Crippen molar-refractivity contribution in [1.29, 1.82) is 0 Å². The van der Waals surface area contributed by atoms with Crippen LogP contribution in [0.5, 0.6) is 0 Å². The molecule has 0 aromatic heterocycles. The molecule has 1 atom stereocenters. The molecule has 6 heteroatoms. The quantitative estimate of drug-likeness (QED) is 0.473. The molecule has 1 amide bonds. The molecule has 0 heterocycles. The standard InChI is InChI=1S/C28H32N2O3S/c1-3-26(24-18-17-22-13-7-8-14-23(22)19-24)29-28(31)25-15-9-10-16-27(25)30(34(2,32)33)20-21-11-5-4-6-12-21/h4-6,9-12,15-19,26H,3,7-8,13-14,20H2,1-2H3,(H,29,31)/t26-/m0/s1. The van der Waals surface area contributed by atoms with Gasteiger partial charge in [-0.3, -0.25) is 9.10 Å². The van der Waals surface area contributed by atoms with Gasteiger partial charge in [0, 0.05) is 0 Å². The van der Waals surface area contributed by atoms with Gasteiger partial charge in [0.15, 0.2) is 0 Å². The van der Waals surface area contributed by atoms with Gasteiger partial charge >= 0.3 is 0 Å². The largest absolute Gasteiger partial charge is 0.345 e. The van der Waals surface area contributed by atoms with E-state index in [1.165, 1.54) is 34.5 Å². The van der Waals surface area contributed by atoms with Gasteiger partial charge in [0.1, 0.15) is 0 Å². The summed E-state index contributed by atoms with van der Waals surface area (Å²) in [4.78, 5) is 13.4. The average Bonchev–Trinajstić information content (AvgIpc) is 2.85. The molecule has 34 heavy (non-hydrogen) atoms. The summed E-state index contributed by atoms with van der Waals surface area (Å²) in [6, 6.07) is 22.7.